The molecule has 0 aliphatic rings. The van der Waals surface area contributed by atoms with Gasteiger partial charge >= 0.3 is 11.9 Å². The number of nitriles is 1. The summed E-state index contributed by atoms with van der Waals surface area (Å²) in [5.41, 5.74) is -0.295. The Morgan fingerprint density at radius 2 is 1.68 bits per heavy atom. The van der Waals surface area contributed by atoms with Gasteiger partial charge in [0.15, 0.2) is 0 Å². The molecule has 3 N–H and O–H groups in total. The molecule has 0 spiro atoms. The Hall–Kier alpha value is -3.31. The molecule has 7 nitrogen and oxygen atoms in total. The molecule has 0 unspecified atom stereocenters. The zero-order chi connectivity index (χ0) is 18.4. The van der Waals surface area contributed by atoms with Crippen molar-refractivity contribution in [2.45, 2.75) is 4.90 Å². The number of hydrogen-bond donors (Lipinski definition) is 3. The fourth-order valence-corrected chi connectivity index (χ4v) is 2.56. The van der Waals surface area contributed by atoms with E-state index < -0.39 is 23.4 Å². The summed E-state index contributed by atoms with van der Waals surface area (Å²) in [5, 5.41) is 29.2. The van der Waals surface area contributed by atoms with Gasteiger partial charge in [-0.15, -0.1) is 11.8 Å². The molecule has 25 heavy (non-hydrogen) atoms. The molecular weight excluding hydrogens is 344 g/mol. The third-order valence-electron chi connectivity index (χ3n) is 3.16. The summed E-state index contributed by atoms with van der Waals surface area (Å²) in [6.45, 7) is 0. The van der Waals surface area contributed by atoms with E-state index in [1.54, 1.807) is 24.3 Å². The number of carboxylic acids is 2. The summed E-state index contributed by atoms with van der Waals surface area (Å²) in [5.74, 6) is -3.02. The van der Waals surface area contributed by atoms with Crippen LogP contribution in [0.3, 0.4) is 0 Å². The van der Waals surface area contributed by atoms with E-state index in [4.69, 9.17) is 10.4 Å². The van der Waals surface area contributed by atoms with Gasteiger partial charge in [-0.1, -0.05) is 0 Å². The average molecular weight is 356 g/mol. The Bertz CT molecular complexity index is 872. The zero-order valence-corrected chi connectivity index (χ0v) is 13.5. The monoisotopic (exact) mass is 356 g/mol. The van der Waals surface area contributed by atoms with Gasteiger partial charge in [-0.3, -0.25) is 4.79 Å². The SMILES string of the molecule is N#CCSc1ccc(NC(=O)c2ccc(C(=O)O)cc2C(=O)O)cc1. The normalized spacial score (nSPS) is 9.88. The van der Waals surface area contributed by atoms with Gasteiger partial charge in [0, 0.05) is 10.6 Å². The number of amides is 1. The van der Waals surface area contributed by atoms with E-state index in [1.807, 2.05) is 6.07 Å². The van der Waals surface area contributed by atoms with Crippen LogP contribution in [-0.4, -0.2) is 33.8 Å². The van der Waals surface area contributed by atoms with Gasteiger partial charge in [-0.05, 0) is 42.5 Å². The Morgan fingerprint density at radius 3 is 2.24 bits per heavy atom. The van der Waals surface area contributed by atoms with Gasteiger partial charge in [0.1, 0.15) is 0 Å². The van der Waals surface area contributed by atoms with Crippen molar-refractivity contribution >= 4 is 35.3 Å². The lowest BCUT2D eigenvalue weighted by atomic mass is 10.0. The highest BCUT2D eigenvalue weighted by molar-refractivity contribution is 7.99. The molecule has 0 atom stereocenters. The minimum absolute atomic E-state index is 0.138. The summed E-state index contributed by atoms with van der Waals surface area (Å²) >= 11 is 1.35. The van der Waals surface area contributed by atoms with E-state index >= 15 is 0 Å². The lowest BCUT2D eigenvalue weighted by molar-refractivity contribution is 0.0692. The second-order valence-corrected chi connectivity index (χ2v) is 5.84. The quantitative estimate of drug-likeness (QED) is 0.679. The lowest BCUT2D eigenvalue weighted by Gasteiger charge is -2.09. The molecule has 0 aliphatic heterocycles. The molecule has 2 aromatic rings. The number of rotatable bonds is 6. The summed E-state index contributed by atoms with van der Waals surface area (Å²) in [7, 11) is 0. The number of hydrogen-bond acceptors (Lipinski definition) is 5. The number of anilines is 1. The number of carboxylic acid groups (broad SMARTS) is 2. The van der Waals surface area contributed by atoms with Gasteiger partial charge in [-0.2, -0.15) is 5.26 Å². The van der Waals surface area contributed by atoms with Crippen molar-refractivity contribution in [1.82, 2.24) is 0 Å². The number of thioether (sulfide) groups is 1. The molecule has 8 heteroatoms. The number of carbonyl (C=O) groups excluding carboxylic acids is 1. The van der Waals surface area contributed by atoms with E-state index in [9.17, 15) is 19.5 Å². The molecule has 0 aliphatic carbocycles. The van der Waals surface area contributed by atoms with Crippen molar-refractivity contribution < 1.29 is 24.6 Å². The summed E-state index contributed by atoms with van der Waals surface area (Å²) in [6.07, 6.45) is 0. The van der Waals surface area contributed by atoms with Gasteiger partial charge in [0.2, 0.25) is 0 Å². The van der Waals surface area contributed by atoms with E-state index in [0.717, 1.165) is 11.0 Å². The predicted octanol–water partition coefficient (Wildman–Crippen LogP) is 2.95. The molecule has 0 aromatic heterocycles. The van der Waals surface area contributed by atoms with Crippen LogP contribution >= 0.6 is 11.8 Å². The Kier molecular flexibility index (Phi) is 5.76. The summed E-state index contributed by atoms with van der Waals surface area (Å²) < 4.78 is 0. The zero-order valence-electron chi connectivity index (χ0n) is 12.7. The van der Waals surface area contributed by atoms with Crippen LogP contribution in [-0.2, 0) is 0 Å². The highest BCUT2D eigenvalue weighted by Gasteiger charge is 2.19. The standard InChI is InChI=1S/C17H12N2O5S/c18-7-8-25-12-4-2-11(3-5-12)19-15(20)13-6-1-10(16(21)22)9-14(13)17(23)24/h1-6,9H,8H2,(H,19,20)(H,21,22)(H,23,24). The van der Waals surface area contributed by atoms with E-state index in [2.05, 4.69) is 5.32 Å². The topological polar surface area (TPSA) is 127 Å². The summed E-state index contributed by atoms with van der Waals surface area (Å²) in [6, 6.07) is 12.0. The number of nitrogens with zero attached hydrogens (tertiary/aromatic N) is 1. The Morgan fingerprint density at radius 1 is 1.00 bits per heavy atom. The van der Waals surface area contributed by atoms with E-state index in [0.29, 0.717) is 11.4 Å². The third kappa shape index (κ3) is 4.59. The largest absolute Gasteiger partial charge is 0.478 e. The first kappa shape index (κ1) is 18.0. The fourth-order valence-electron chi connectivity index (χ4n) is 2.00. The first-order chi connectivity index (χ1) is 11.9. The van der Waals surface area contributed by atoms with Crippen LogP contribution in [0.1, 0.15) is 31.1 Å². The first-order valence-corrected chi connectivity index (χ1v) is 7.92. The van der Waals surface area contributed by atoms with Crippen molar-refractivity contribution in [3.63, 3.8) is 0 Å². The van der Waals surface area contributed by atoms with Gasteiger partial charge in [-0.25, -0.2) is 9.59 Å². The van der Waals surface area contributed by atoms with Crippen molar-refractivity contribution in [3.05, 3.63) is 59.2 Å². The van der Waals surface area contributed by atoms with E-state index in [1.165, 1.54) is 23.9 Å². The third-order valence-corrected chi connectivity index (χ3v) is 4.04. The summed E-state index contributed by atoms with van der Waals surface area (Å²) in [4.78, 5) is 35.4. The first-order valence-electron chi connectivity index (χ1n) is 6.94. The Labute approximate surface area is 146 Å². The van der Waals surface area contributed by atoms with Gasteiger partial charge in [0.25, 0.3) is 5.91 Å². The molecule has 0 saturated heterocycles. The minimum atomic E-state index is -1.39. The molecule has 0 radical (unpaired) electrons. The van der Waals surface area contributed by atoms with Crippen LogP contribution in [0.2, 0.25) is 0 Å². The predicted molar refractivity (Wildman–Crippen MR) is 91.1 cm³/mol. The minimum Gasteiger partial charge on any atom is -0.478 e. The smallest absolute Gasteiger partial charge is 0.336 e. The van der Waals surface area contributed by atoms with Crippen LogP contribution in [0.5, 0.6) is 0 Å². The molecule has 126 valence electrons. The number of nitrogens with one attached hydrogen (secondary N) is 1. The molecule has 0 saturated carbocycles. The molecule has 0 bridgehead atoms. The maximum atomic E-state index is 12.3. The molecule has 0 fully saturated rings. The molecule has 2 aromatic carbocycles. The molecular formula is C17H12N2O5S. The maximum Gasteiger partial charge on any atom is 0.336 e. The molecule has 1 amide bonds. The maximum absolute atomic E-state index is 12.3. The van der Waals surface area contributed by atoms with Crippen LogP contribution in [0.25, 0.3) is 0 Å². The molecule has 0 heterocycles. The second-order valence-electron chi connectivity index (χ2n) is 4.80. The van der Waals surface area contributed by atoms with Crippen molar-refractivity contribution in [1.29, 1.82) is 5.26 Å². The van der Waals surface area contributed by atoms with Crippen LogP contribution in [0, 0.1) is 11.3 Å². The van der Waals surface area contributed by atoms with Crippen LogP contribution in [0.4, 0.5) is 5.69 Å². The van der Waals surface area contributed by atoms with Crippen molar-refractivity contribution in [2.75, 3.05) is 11.1 Å². The average Bonchev–Trinajstić information content (AvgIpc) is 2.60. The number of benzene rings is 2. The van der Waals surface area contributed by atoms with Gasteiger partial charge < -0.3 is 15.5 Å². The van der Waals surface area contributed by atoms with Crippen molar-refractivity contribution in [2.24, 2.45) is 0 Å². The highest BCUT2D eigenvalue weighted by Crippen LogP contribution is 2.21. The van der Waals surface area contributed by atoms with Gasteiger partial charge in [0.05, 0.1) is 28.5 Å². The molecule has 2 rings (SSSR count). The lowest BCUT2D eigenvalue weighted by Crippen LogP contribution is -2.17. The van der Waals surface area contributed by atoms with Crippen LogP contribution in [0.15, 0.2) is 47.4 Å². The van der Waals surface area contributed by atoms with Crippen LogP contribution < -0.4 is 5.32 Å². The van der Waals surface area contributed by atoms with Crippen molar-refractivity contribution in [3.8, 4) is 6.07 Å². The number of aromatic carboxylic acids is 2. The highest BCUT2D eigenvalue weighted by atomic mass is 32.2. The fraction of sp³-hybridized carbons (Fsp3) is 0.0588. The Balaban J connectivity index is 2.22. The second kappa shape index (κ2) is 7.99. The van der Waals surface area contributed by atoms with E-state index in [-0.39, 0.29) is 11.1 Å². The number of carbonyl (C=O) groups is 3.